The van der Waals surface area contributed by atoms with E-state index in [1.165, 1.54) is 18.4 Å². The van der Waals surface area contributed by atoms with E-state index >= 15 is 0 Å². The van der Waals surface area contributed by atoms with Crippen LogP contribution in [0.25, 0.3) is 0 Å². The van der Waals surface area contributed by atoms with Crippen molar-refractivity contribution in [3.63, 3.8) is 0 Å². The molecule has 29 heavy (non-hydrogen) atoms. The van der Waals surface area contributed by atoms with Gasteiger partial charge in [-0.1, -0.05) is 36.4 Å². The number of nitrogens with zero attached hydrogens (tertiary/aromatic N) is 1. The number of methoxy groups -OCH3 is 1. The smallest absolute Gasteiger partial charge is 0.410 e. The second-order valence-corrected chi connectivity index (χ2v) is 7.91. The molecule has 0 aromatic heterocycles. The second kappa shape index (κ2) is 9.21. The lowest BCUT2D eigenvalue weighted by Gasteiger charge is -2.19. The molecule has 2 aliphatic rings. The number of amides is 1. The van der Waals surface area contributed by atoms with E-state index in [0.717, 1.165) is 36.3 Å². The van der Waals surface area contributed by atoms with Crippen LogP contribution in [0, 0.1) is 0 Å². The first-order chi connectivity index (χ1) is 14.2. The molecule has 1 saturated heterocycles. The summed E-state index contributed by atoms with van der Waals surface area (Å²) in [5, 5.41) is 0. The molecular formula is C24H29NO4. The van der Waals surface area contributed by atoms with Gasteiger partial charge in [-0.25, -0.2) is 4.79 Å². The van der Waals surface area contributed by atoms with Crippen molar-refractivity contribution in [3.05, 3.63) is 59.7 Å². The van der Waals surface area contributed by atoms with Crippen LogP contribution in [0.3, 0.4) is 0 Å². The zero-order chi connectivity index (χ0) is 20.1. The number of carbonyl (C=O) groups excluding carboxylic acids is 1. The average molecular weight is 395 g/mol. The minimum Gasteiger partial charge on any atom is -0.493 e. The highest BCUT2D eigenvalue weighted by atomic mass is 16.6. The Hall–Kier alpha value is -2.69. The van der Waals surface area contributed by atoms with E-state index in [9.17, 15) is 4.79 Å². The molecule has 1 amide bonds. The largest absolute Gasteiger partial charge is 0.493 e. The number of rotatable bonds is 6. The summed E-state index contributed by atoms with van der Waals surface area (Å²) in [4.78, 5) is 14.3. The van der Waals surface area contributed by atoms with Crippen LogP contribution in [0.1, 0.15) is 49.1 Å². The summed E-state index contributed by atoms with van der Waals surface area (Å²) in [5.41, 5.74) is 2.19. The van der Waals surface area contributed by atoms with Gasteiger partial charge >= 0.3 is 6.09 Å². The van der Waals surface area contributed by atoms with Crippen molar-refractivity contribution in [1.82, 2.24) is 4.90 Å². The average Bonchev–Trinajstić information content (AvgIpc) is 3.45. The van der Waals surface area contributed by atoms with Gasteiger partial charge in [0.1, 0.15) is 6.61 Å². The van der Waals surface area contributed by atoms with Crippen molar-refractivity contribution >= 4 is 6.09 Å². The quantitative estimate of drug-likeness (QED) is 0.679. The van der Waals surface area contributed by atoms with Crippen molar-refractivity contribution < 1.29 is 19.0 Å². The monoisotopic (exact) mass is 395 g/mol. The standard InChI is InChI=1S/C24H29NO4/c1-27-22-12-11-19(15-23(22)29-21-9-5-6-10-21)20-13-14-25(16-20)24(26)28-17-18-7-3-2-4-8-18/h2-4,7-8,11-12,15,20-21H,5-6,9-10,13-14,16-17H2,1H3. The molecule has 5 heteroatoms. The maximum atomic E-state index is 12.5. The highest BCUT2D eigenvalue weighted by Gasteiger charge is 2.29. The third-order valence-corrected chi connectivity index (χ3v) is 5.91. The van der Waals surface area contributed by atoms with Gasteiger partial charge in [-0.2, -0.15) is 0 Å². The number of hydrogen-bond donors (Lipinski definition) is 0. The Kier molecular flexibility index (Phi) is 6.23. The van der Waals surface area contributed by atoms with E-state index < -0.39 is 0 Å². The molecule has 1 aliphatic heterocycles. The van der Waals surface area contributed by atoms with Crippen LogP contribution in [0.4, 0.5) is 4.79 Å². The van der Waals surface area contributed by atoms with Gasteiger partial charge in [0, 0.05) is 19.0 Å². The molecule has 154 valence electrons. The molecule has 2 aromatic rings. The predicted octanol–water partition coefficient (Wildman–Crippen LogP) is 5.14. The summed E-state index contributed by atoms with van der Waals surface area (Å²) in [7, 11) is 1.68. The summed E-state index contributed by atoms with van der Waals surface area (Å²) in [5.74, 6) is 1.89. The number of ether oxygens (including phenoxy) is 3. The Morgan fingerprint density at radius 2 is 1.83 bits per heavy atom. The number of benzene rings is 2. The summed E-state index contributed by atoms with van der Waals surface area (Å²) in [6, 6.07) is 15.9. The summed E-state index contributed by atoms with van der Waals surface area (Å²) < 4.78 is 17.2. The fourth-order valence-electron chi connectivity index (χ4n) is 4.23. The SMILES string of the molecule is COc1ccc(C2CCN(C(=O)OCc3ccccc3)C2)cc1OC1CCCC1. The molecule has 1 saturated carbocycles. The van der Waals surface area contributed by atoms with Gasteiger partial charge < -0.3 is 19.1 Å². The highest BCUT2D eigenvalue weighted by Crippen LogP contribution is 2.36. The molecule has 4 rings (SSSR count). The molecule has 0 bridgehead atoms. The van der Waals surface area contributed by atoms with Gasteiger partial charge in [0.2, 0.25) is 0 Å². The predicted molar refractivity (Wildman–Crippen MR) is 111 cm³/mol. The fourth-order valence-corrected chi connectivity index (χ4v) is 4.23. The number of carbonyl (C=O) groups is 1. The van der Waals surface area contributed by atoms with Crippen LogP contribution >= 0.6 is 0 Å². The van der Waals surface area contributed by atoms with Crippen LogP contribution in [0.2, 0.25) is 0 Å². The Balaban J connectivity index is 1.37. The first-order valence-electron chi connectivity index (χ1n) is 10.5. The lowest BCUT2D eigenvalue weighted by Crippen LogP contribution is -2.29. The Morgan fingerprint density at radius 3 is 2.59 bits per heavy atom. The van der Waals surface area contributed by atoms with E-state index in [1.807, 2.05) is 36.4 Å². The Labute approximate surface area is 172 Å². The van der Waals surface area contributed by atoms with Crippen molar-refractivity contribution in [1.29, 1.82) is 0 Å². The molecule has 0 radical (unpaired) electrons. The maximum Gasteiger partial charge on any atom is 0.410 e. The van der Waals surface area contributed by atoms with Gasteiger partial charge in [0.25, 0.3) is 0 Å². The molecule has 1 unspecified atom stereocenters. The molecule has 1 aliphatic carbocycles. The Morgan fingerprint density at radius 1 is 1.03 bits per heavy atom. The van der Waals surface area contributed by atoms with Crippen LogP contribution in [-0.4, -0.2) is 37.3 Å². The molecule has 1 heterocycles. The first-order valence-corrected chi connectivity index (χ1v) is 10.5. The molecule has 0 spiro atoms. The van der Waals surface area contributed by atoms with Crippen molar-refractivity contribution in [2.75, 3.05) is 20.2 Å². The summed E-state index contributed by atoms with van der Waals surface area (Å²) in [6.07, 6.45) is 5.65. The molecule has 0 N–H and O–H groups in total. The minimum atomic E-state index is -0.243. The molecule has 5 nitrogen and oxygen atoms in total. The van der Waals surface area contributed by atoms with E-state index in [-0.39, 0.29) is 18.1 Å². The minimum absolute atomic E-state index is 0.243. The third kappa shape index (κ3) is 4.84. The fraction of sp³-hybridized carbons (Fsp3) is 0.458. The number of likely N-dealkylation sites (tertiary alicyclic amines) is 1. The summed E-state index contributed by atoms with van der Waals surface area (Å²) in [6.45, 7) is 1.69. The lowest BCUT2D eigenvalue weighted by atomic mass is 9.98. The van der Waals surface area contributed by atoms with Crippen molar-refractivity contribution in [2.45, 2.75) is 50.7 Å². The zero-order valence-electron chi connectivity index (χ0n) is 17.0. The van der Waals surface area contributed by atoms with Gasteiger partial charge in [-0.15, -0.1) is 0 Å². The number of hydrogen-bond acceptors (Lipinski definition) is 4. The normalized spacial score (nSPS) is 19.3. The van der Waals surface area contributed by atoms with E-state index in [2.05, 4.69) is 12.1 Å². The molecule has 2 fully saturated rings. The Bertz CT molecular complexity index is 817. The molecule has 2 aromatic carbocycles. The van der Waals surface area contributed by atoms with Crippen LogP contribution in [-0.2, 0) is 11.3 Å². The van der Waals surface area contributed by atoms with Crippen LogP contribution < -0.4 is 9.47 Å². The van der Waals surface area contributed by atoms with Crippen molar-refractivity contribution in [3.8, 4) is 11.5 Å². The van der Waals surface area contributed by atoms with Gasteiger partial charge in [-0.05, 0) is 55.4 Å². The second-order valence-electron chi connectivity index (χ2n) is 7.91. The van der Waals surface area contributed by atoms with E-state index in [1.54, 1.807) is 12.0 Å². The maximum absolute atomic E-state index is 12.5. The van der Waals surface area contributed by atoms with Gasteiger partial charge in [-0.3, -0.25) is 0 Å². The van der Waals surface area contributed by atoms with E-state index in [4.69, 9.17) is 14.2 Å². The van der Waals surface area contributed by atoms with Gasteiger partial charge in [0.05, 0.1) is 13.2 Å². The highest BCUT2D eigenvalue weighted by molar-refractivity contribution is 5.68. The zero-order valence-corrected chi connectivity index (χ0v) is 17.0. The molecule has 1 atom stereocenters. The first kappa shape index (κ1) is 19.6. The molecular weight excluding hydrogens is 366 g/mol. The topological polar surface area (TPSA) is 48.0 Å². The third-order valence-electron chi connectivity index (χ3n) is 5.91. The van der Waals surface area contributed by atoms with Crippen LogP contribution in [0.15, 0.2) is 48.5 Å². The van der Waals surface area contributed by atoms with Gasteiger partial charge in [0.15, 0.2) is 11.5 Å². The van der Waals surface area contributed by atoms with E-state index in [0.29, 0.717) is 19.7 Å². The van der Waals surface area contributed by atoms with Crippen LogP contribution in [0.5, 0.6) is 11.5 Å². The van der Waals surface area contributed by atoms with Crippen molar-refractivity contribution in [2.24, 2.45) is 0 Å². The summed E-state index contributed by atoms with van der Waals surface area (Å²) >= 11 is 0. The lowest BCUT2D eigenvalue weighted by molar-refractivity contribution is 0.104.